The van der Waals surface area contributed by atoms with Crippen LogP contribution in [0.1, 0.15) is 39.9 Å². The smallest absolute Gasteiger partial charge is 0.336 e. The van der Waals surface area contributed by atoms with Gasteiger partial charge in [-0.25, -0.2) is 4.79 Å². The second kappa shape index (κ2) is 10.5. The zero-order valence-electron chi connectivity index (χ0n) is 20.7. The van der Waals surface area contributed by atoms with Gasteiger partial charge in [-0.05, 0) is 36.8 Å². The lowest BCUT2D eigenvalue weighted by Gasteiger charge is -2.30. The average molecular weight is 615 g/mol. The van der Waals surface area contributed by atoms with Crippen LogP contribution in [-0.2, 0) is 16.1 Å². The Balaban J connectivity index is 1.60. The monoisotopic (exact) mass is 613 g/mol. The number of carbonyl (C=O) groups is 2. The molecule has 1 N–H and O–H groups in total. The number of nitrogens with one attached hydrogen (secondary N) is 1. The Labute approximate surface area is 238 Å². The van der Waals surface area contributed by atoms with E-state index in [2.05, 4.69) is 21.2 Å². The van der Waals surface area contributed by atoms with Gasteiger partial charge in [0.05, 0.1) is 31.4 Å². The Bertz CT molecular complexity index is 1560. The van der Waals surface area contributed by atoms with Gasteiger partial charge in [0.25, 0.3) is 0 Å². The largest absolute Gasteiger partial charge is 0.493 e. The highest BCUT2D eigenvalue weighted by Gasteiger charge is 2.43. The van der Waals surface area contributed by atoms with Crippen molar-refractivity contribution in [3.05, 3.63) is 108 Å². The van der Waals surface area contributed by atoms with Crippen LogP contribution in [0.5, 0.6) is 11.5 Å². The fourth-order valence-corrected chi connectivity index (χ4v) is 5.87. The molecule has 194 valence electrons. The molecule has 0 radical (unpaired) electrons. The van der Waals surface area contributed by atoms with Crippen molar-refractivity contribution in [3.63, 3.8) is 0 Å². The molecule has 1 aliphatic heterocycles. The molecule has 3 aromatic rings. The molecule has 0 saturated heterocycles. The second-order valence-electron chi connectivity index (χ2n) is 8.80. The number of ketones is 1. The lowest BCUT2D eigenvalue weighted by molar-refractivity contribution is -0.136. The third kappa shape index (κ3) is 4.49. The molecule has 6 nitrogen and oxygen atoms in total. The molecule has 2 aliphatic rings. The first-order valence-corrected chi connectivity index (χ1v) is 13.2. The van der Waals surface area contributed by atoms with Crippen LogP contribution in [0.25, 0.3) is 5.70 Å². The van der Waals surface area contributed by atoms with Crippen LogP contribution < -0.4 is 14.8 Å². The predicted octanol–water partition coefficient (Wildman–Crippen LogP) is 7.08. The molecule has 1 atom stereocenters. The molecule has 0 fully saturated rings. The van der Waals surface area contributed by atoms with Crippen LogP contribution in [0, 0.1) is 0 Å². The summed E-state index contributed by atoms with van der Waals surface area (Å²) in [5.41, 5.74) is 4.90. The maximum Gasteiger partial charge on any atom is 0.336 e. The van der Waals surface area contributed by atoms with Gasteiger partial charge in [0.2, 0.25) is 0 Å². The van der Waals surface area contributed by atoms with Gasteiger partial charge in [-0.3, -0.25) is 4.79 Å². The standard InChI is InChI=1S/C29H22BrCl2NO5/c1-14-24(29(35)37-3)25(26-27(33-14)17-6-4-5-7-18(17)28(26)34)19-11-22(36-2)23(12-20(19)30)38-13-15-8-9-16(31)10-21(15)32/h4-12,25,33H,13H2,1-3H3/t25-/m1/s1. The SMILES string of the molecule is COC(=O)C1=C(C)NC2=C(C(=O)c3ccccc32)[C@@H]1c1cc(OC)c(OCc2ccc(Cl)cc2Cl)cc1Br. The van der Waals surface area contributed by atoms with Gasteiger partial charge >= 0.3 is 5.97 Å². The summed E-state index contributed by atoms with van der Waals surface area (Å²) in [6, 6.07) is 16.1. The number of rotatable bonds is 6. The van der Waals surface area contributed by atoms with Crippen molar-refractivity contribution in [2.75, 3.05) is 14.2 Å². The van der Waals surface area contributed by atoms with Crippen molar-refractivity contribution in [1.29, 1.82) is 0 Å². The number of benzene rings is 3. The number of dihydropyridines is 1. The van der Waals surface area contributed by atoms with E-state index in [9.17, 15) is 9.59 Å². The van der Waals surface area contributed by atoms with Gasteiger partial charge in [0.15, 0.2) is 17.3 Å². The number of methoxy groups -OCH3 is 2. The summed E-state index contributed by atoms with van der Waals surface area (Å²) >= 11 is 16.0. The van der Waals surface area contributed by atoms with Crippen molar-refractivity contribution in [1.82, 2.24) is 5.32 Å². The molecule has 3 aromatic carbocycles. The Morgan fingerprint density at radius 1 is 1.03 bits per heavy atom. The number of hydrogen-bond donors (Lipinski definition) is 1. The first kappa shape index (κ1) is 26.4. The summed E-state index contributed by atoms with van der Waals surface area (Å²) in [6.45, 7) is 1.98. The van der Waals surface area contributed by atoms with Gasteiger partial charge in [0.1, 0.15) is 6.61 Å². The van der Waals surface area contributed by atoms with E-state index in [1.807, 2.05) is 18.2 Å². The van der Waals surface area contributed by atoms with E-state index in [0.29, 0.717) is 59.7 Å². The number of ether oxygens (including phenoxy) is 3. The van der Waals surface area contributed by atoms with Crippen molar-refractivity contribution in [2.45, 2.75) is 19.4 Å². The molecule has 0 saturated carbocycles. The molecule has 0 aromatic heterocycles. The molecule has 38 heavy (non-hydrogen) atoms. The molecule has 0 bridgehead atoms. The molecular weight excluding hydrogens is 593 g/mol. The van der Waals surface area contributed by atoms with E-state index in [4.69, 9.17) is 37.4 Å². The number of halogens is 3. The quantitative estimate of drug-likeness (QED) is 0.299. The molecule has 0 amide bonds. The number of esters is 1. The number of carbonyl (C=O) groups excluding carboxylic acids is 2. The first-order chi connectivity index (χ1) is 18.2. The molecule has 1 aliphatic carbocycles. The van der Waals surface area contributed by atoms with Gasteiger partial charge in [-0.2, -0.15) is 0 Å². The van der Waals surface area contributed by atoms with E-state index >= 15 is 0 Å². The molecule has 0 spiro atoms. The van der Waals surface area contributed by atoms with Crippen molar-refractivity contribution >= 4 is 56.6 Å². The van der Waals surface area contributed by atoms with E-state index in [-0.39, 0.29) is 12.4 Å². The molecule has 5 rings (SSSR count). The fourth-order valence-electron chi connectivity index (χ4n) is 4.86. The molecular formula is C29H22BrCl2NO5. The minimum atomic E-state index is -0.707. The highest BCUT2D eigenvalue weighted by atomic mass is 79.9. The Morgan fingerprint density at radius 3 is 2.45 bits per heavy atom. The molecule has 1 heterocycles. The number of Topliss-reactive ketones (excluding diaryl/α,β-unsaturated/α-hetero) is 1. The fraction of sp³-hybridized carbons (Fsp3) is 0.172. The van der Waals surface area contributed by atoms with Crippen LogP contribution in [0.15, 0.2) is 75.9 Å². The van der Waals surface area contributed by atoms with Crippen LogP contribution in [-0.4, -0.2) is 26.0 Å². The minimum Gasteiger partial charge on any atom is -0.493 e. The molecule has 0 unspecified atom stereocenters. The summed E-state index contributed by atoms with van der Waals surface area (Å²) in [4.78, 5) is 26.7. The minimum absolute atomic E-state index is 0.148. The zero-order chi connectivity index (χ0) is 27.1. The van der Waals surface area contributed by atoms with E-state index in [1.165, 1.54) is 14.2 Å². The van der Waals surface area contributed by atoms with E-state index in [1.54, 1.807) is 43.3 Å². The van der Waals surface area contributed by atoms with Crippen molar-refractivity contribution in [3.8, 4) is 11.5 Å². The van der Waals surface area contributed by atoms with Gasteiger partial charge < -0.3 is 19.5 Å². The van der Waals surface area contributed by atoms with E-state index in [0.717, 1.165) is 11.1 Å². The normalized spacial score (nSPS) is 16.2. The van der Waals surface area contributed by atoms with Gasteiger partial charge in [0, 0.05) is 42.5 Å². The molecule has 9 heteroatoms. The van der Waals surface area contributed by atoms with Crippen LogP contribution >= 0.6 is 39.1 Å². The van der Waals surface area contributed by atoms with E-state index < -0.39 is 11.9 Å². The summed E-state index contributed by atoms with van der Waals surface area (Å²) in [7, 11) is 2.85. The van der Waals surface area contributed by atoms with Crippen LogP contribution in [0.4, 0.5) is 0 Å². The lowest BCUT2D eigenvalue weighted by atomic mass is 9.79. The highest BCUT2D eigenvalue weighted by molar-refractivity contribution is 9.10. The van der Waals surface area contributed by atoms with Crippen molar-refractivity contribution in [2.24, 2.45) is 0 Å². The predicted molar refractivity (Wildman–Crippen MR) is 150 cm³/mol. The number of fused-ring (bicyclic) bond motifs is 2. The second-order valence-corrected chi connectivity index (χ2v) is 10.5. The van der Waals surface area contributed by atoms with Gasteiger partial charge in [-0.15, -0.1) is 0 Å². The number of allylic oxidation sites excluding steroid dienone is 2. The summed E-state index contributed by atoms with van der Waals surface area (Å²) in [5.74, 6) is -0.497. The maximum absolute atomic E-state index is 13.7. The summed E-state index contributed by atoms with van der Waals surface area (Å²) < 4.78 is 17.5. The van der Waals surface area contributed by atoms with Crippen LogP contribution in [0.2, 0.25) is 10.0 Å². The third-order valence-electron chi connectivity index (χ3n) is 6.65. The van der Waals surface area contributed by atoms with Gasteiger partial charge in [-0.1, -0.05) is 69.5 Å². The Hall–Kier alpha value is -3.26. The first-order valence-electron chi connectivity index (χ1n) is 11.6. The number of hydrogen-bond acceptors (Lipinski definition) is 6. The average Bonchev–Trinajstić information content (AvgIpc) is 3.18. The maximum atomic E-state index is 13.7. The summed E-state index contributed by atoms with van der Waals surface area (Å²) in [6.07, 6.45) is 0. The zero-order valence-corrected chi connectivity index (χ0v) is 23.8. The third-order valence-corrected chi connectivity index (χ3v) is 7.92. The Morgan fingerprint density at radius 2 is 1.76 bits per heavy atom. The topological polar surface area (TPSA) is 73.9 Å². The summed E-state index contributed by atoms with van der Waals surface area (Å²) in [5, 5.41) is 4.31. The van der Waals surface area contributed by atoms with Crippen LogP contribution in [0.3, 0.4) is 0 Å². The highest BCUT2D eigenvalue weighted by Crippen LogP contribution is 2.50. The Kier molecular flexibility index (Phi) is 7.27. The lowest BCUT2D eigenvalue weighted by Crippen LogP contribution is -2.29. The van der Waals surface area contributed by atoms with Crippen molar-refractivity contribution < 1.29 is 23.8 Å².